The Morgan fingerprint density at radius 1 is 1.10 bits per heavy atom. The second kappa shape index (κ2) is 8.78. The number of aryl methyl sites for hydroxylation is 1. The second-order valence-corrected chi connectivity index (χ2v) is 7.71. The highest BCUT2D eigenvalue weighted by molar-refractivity contribution is 6.37. The molecule has 7 heteroatoms. The van der Waals surface area contributed by atoms with Crippen LogP contribution in [0.25, 0.3) is 11.1 Å². The van der Waals surface area contributed by atoms with Crippen LogP contribution in [-0.4, -0.2) is 17.5 Å². The summed E-state index contributed by atoms with van der Waals surface area (Å²) in [5, 5.41) is 3.76. The van der Waals surface area contributed by atoms with Crippen LogP contribution < -0.4 is 10.1 Å². The number of halogens is 2. The quantitative estimate of drug-likeness (QED) is 0.396. The number of nitrogens with one attached hydrogen (secondary N) is 1. The van der Waals surface area contributed by atoms with Gasteiger partial charge >= 0.3 is 0 Å². The first-order valence-electron chi connectivity index (χ1n) is 9.29. The molecule has 1 aromatic heterocycles. The van der Waals surface area contributed by atoms with E-state index in [4.69, 9.17) is 32.4 Å². The minimum absolute atomic E-state index is 0.0581. The van der Waals surface area contributed by atoms with Gasteiger partial charge in [0.25, 0.3) is 5.91 Å². The van der Waals surface area contributed by atoms with Crippen molar-refractivity contribution < 1.29 is 13.9 Å². The Bertz CT molecular complexity index is 1200. The third kappa shape index (κ3) is 4.93. The molecule has 0 fully saturated rings. The maximum atomic E-state index is 12.1. The number of rotatable bonds is 6. The van der Waals surface area contributed by atoms with Gasteiger partial charge in [-0.25, -0.2) is 4.98 Å². The van der Waals surface area contributed by atoms with E-state index in [0.29, 0.717) is 44.9 Å². The molecular weight excluding hydrogens is 423 g/mol. The zero-order valence-corrected chi connectivity index (χ0v) is 17.6. The van der Waals surface area contributed by atoms with Crippen molar-refractivity contribution in [2.75, 3.05) is 11.9 Å². The Morgan fingerprint density at radius 2 is 1.90 bits per heavy atom. The van der Waals surface area contributed by atoms with Gasteiger partial charge in [-0.3, -0.25) is 4.79 Å². The molecule has 5 nitrogen and oxygen atoms in total. The third-order valence-electron chi connectivity index (χ3n) is 4.41. The molecule has 0 aliphatic carbocycles. The molecule has 1 amide bonds. The number of carbonyl (C=O) groups is 1. The van der Waals surface area contributed by atoms with Gasteiger partial charge in [-0.05, 0) is 54.4 Å². The number of oxazole rings is 1. The number of amides is 1. The number of hydrogen-bond acceptors (Lipinski definition) is 4. The summed E-state index contributed by atoms with van der Waals surface area (Å²) in [5.74, 6) is 0.979. The molecule has 4 rings (SSSR count). The van der Waals surface area contributed by atoms with Crippen molar-refractivity contribution in [1.29, 1.82) is 0 Å². The summed E-state index contributed by atoms with van der Waals surface area (Å²) in [7, 11) is 0. The largest absolute Gasteiger partial charge is 0.484 e. The Morgan fingerprint density at radius 3 is 2.67 bits per heavy atom. The van der Waals surface area contributed by atoms with Crippen molar-refractivity contribution in [2.24, 2.45) is 0 Å². The summed E-state index contributed by atoms with van der Waals surface area (Å²) >= 11 is 12.2. The van der Waals surface area contributed by atoms with Crippen LogP contribution in [0.1, 0.15) is 17.0 Å². The molecule has 3 aromatic carbocycles. The topological polar surface area (TPSA) is 64.4 Å². The van der Waals surface area contributed by atoms with Gasteiger partial charge in [0, 0.05) is 17.1 Å². The van der Waals surface area contributed by atoms with Crippen LogP contribution >= 0.6 is 23.2 Å². The predicted octanol–water partition coefficient (Wildman–Crippen LogP) is 6.05. The number of benzene rings is 3. The maximum Gasteiger partial charge on any atom is 0.262 e. The molecule has 0 spiro atoms. The van der Waals surface area contributed by atoms with Crippen LogP contribution in [0.15, 0.2) is 65.1 Å². The van der Waals surface area contributed by atoms with Crippen molar-refractivity contribution in [3.8, 4) is 5.75 Å². The minimum atomic E-state index is -0.227. The molecule has 0 aliphatic heterocycles. The monoisotopic (exact) mass is 440 g/mol. The molecule has 30 heavy (non-hydrogen) atoms. The van der Waals surface area contributed by atoms with Crippen molar-refractivity contribution >= 4 is 45.9 Å². The van der Waals surface area contributed by atoms with E-state index >= 15 is 0 Å². The average molecular weight is 441 g/mol. The summed E-state index contributed by atoms with van der Waals surface area (Å²) in [6.07, 6.45) is 0.493. The highest BCUT2D eigenvalue weighted by Gasteiger charge is 2.11. The Kier molecular flexibility index (Phi) is 5.93. The summed E-state index contributed by atoms with van der Waals surface area (Å²) in [4.78, 5) is 16.6. The van der Waals surface area contributed by atoms with Gasteiger partial charge in [-0.15, -0.1) is 0 Å². The standard InChI is InChI=1S/C23H18Cl2N2O3/c1-14-3-2-4-18(9-14)29-13-21(28)26-17-7-5-15(6-8-17)10-22-27-20-12-16(24)11-19(25)23(20)30-22/h2-9,11-12H,10,13H2,1H3,(H,26,28). The molecule has 0 radical (unpaired) electrons. The third-order valence-corrected chi connectivity index (χ3v) is 4.91. The van der Waals surface area contributed by atoms with Crippen molar-refractivity contribution in [3.05, 3.63) is 87.7 Å². The molecule has 0 atom stereocenters. The number of anilines is 1. The SMILES string of the molecule is Cc1cccc(OCC(=O)Nc2ccc(Cc3nc4cc(Cl)cc(Cl)c4o3)cc2)c1. The van der Waals surface area contributed by atoms with Gasteiger partial charge in [-0.1, -0.05) is 47.5 Å². The number of fused-ring (bicyclic) bond motifs is 1. The normalized spacial score (nSPS) is 10.9. The molecule has 0 saturated carbocycles. The zero-order valence-electron chi connectivity index (χ0n) is 16.1. The fourth-order valence-corrected chi connectivity index (χ4v) is 3.53. The minimum Gasteiger partial charge on any atom is -0.484 e. The second-order valence-electron chi connectivity index (χ2n) is 6.87. The number of ether oxygens (including phenoxy) is 1. The van der Waals surface area contributed by atoms with Gasteiger partial charge in [0.1, 0.15) is 11.3 Å². The van der Waals surface area contributed by atoms with E-state index in [-0.39, 0.29) is 12.5 Å². The van der Waals surface area contributed by atoms with Crippen LogP contribution in [0.3, 0.4) is 0 Å². The molecule has 0 aliphatic rings. The molecular formula is C23H18Cl2N2O3. The summed E-state index contributed by atoms with van der Waals surface area (Å²) in [5.41, 5.74) is 3.89. The number of aromatic nitrogens is 1. The van der Waals surface area contributed by atoms with Crippen LogP contribution in [-0.2, 0) is 11.2 Å². The summed E-state index contributed by atoms with van der Waals surface area (Å²) in [6, 6.07) is 18.4. The van der Waals surface area contributed by atoms with E-state index in [9.17, 15) is 4.79 Å². The Labute approximate surface area is 183 Å². The lowest BCUT2D eigenvalue weighted by molar-refractivity contribution is -0.118. The van der Waals surface area contributed by atoms with E-state index in [2.05, 4.69) is 10.3 Å². The van der Waals surface area contributed by atoms with Crippen molar-refractivity contribution in [3.63, 3.8) is 0 Å². The number of carbonyl (C=O) groups excluding carboxylic acids is 1. The number of nitrogens with zero attached hydrogens (tertiary/aromatic N) is 1. The predicted molar refractivity (Wildman–Crippen MR) is 119 cm³/mol. The summed E-state index contributed by atoms with van der Waals surface area (Å²) < 4.78 is 11.3. The van der Waals surface area contributed by atoms with Gasteiger partial charge in [0.2, 0.25) is 0 Å². The lowest BCUT2D eigenvalue weighted by atomic mass is 10.1. The first kappa shape index (κ1) is 20.3. The molecule has 152 valence electrons. The van der Waals surface area contributed by atoms with Crippen LogP contribution in [0.4, 0.5) is 5.69 Å². The fraction of sp³-hybridized carbons (Fsp3) is 0.130. The van der Waals surface area contributed by atoms with E-state index < -0.39 is 0 Å². The van der Waals surface area contributed by atoms with E-state index in [1.165, 1.54) is 0 Å². The van der Waals surface area contributed by atoms with Crippen LogP contribution in [0.5, 0.6) is 5.75 Å². The van der Waals surface area contributed by atoms with Crippen molar-refractivity contribution in [2.45, 2.75) is 13.3 Å². The highest BCUT2D eigenvalue weighted by atomic mass is 35.5. The van der Waals surface area contributed by atoms with Gasteiger partial charge in [0.15, 0.2) is 18.1 Å². The Hall–Kier alpha value is -3.02. The summed E-state index contributed by atoms with van der Waals surface area (Å²) in [6.45, 7) is 1.91. The first-order valence-corrected chi connectivity index (χ1v) is 10.0. The average Bonchev–Trinajstić information content (AvgIpc) is 3.11. The van der Waals surface area contributed by atoms with Gasteiger partial charge in [0.05, 0.1) is 5.02 Å². The lowest BCUT2D eigenvalue weighted by Gasteiger charge is -2.08. The van der Waals surface area contributed by atoms with E-state index in [0.717, 1.165) is 11.1 Å². The maximum absolute atomic E-state index is 12.1. The van der Waals surface area contributed by atoms with Crippen LogP contribution in [0.2, 0.25) is 10.0 Å². The van der Waals surface area contributed by atoms with E-state index in [1.807, 2.05) is 55.5 Å². The number of hydrogen-bond donors (Lipinski definition) is 1. The molecule has 4 aromatic rings. The zero-order chi connectivity index (χ0) is 21.1. The smallest absolute Gasteiger partial charge is 0.262 e. The lowest BCUT2D eigenvalue weighted by Crippen LogP contribution is -2.20. The van der Waals surface area contributed by atoms with Crippen molar-refractivity contribution in [1.82, 2.24) is 4.98 Å². The molecule has 0 bridgehead atoms. The Balaban J connectivity index is 1.36. The highest BCUT2D eigenvalue weighted by Crippen LogP contribution is 2.29. The van der Waals surface area contributed by atoms with Gasteiger partial charge in [-0.2, -0.15) is 0 Å². The van der Waals surface area contributed by atoms with E-state index in [1.54, 1.807) is 12.1 Å². The molecule has 0 saturated heterocycles. The van der Waals surface area contributed by atoms with Crippen LogP contribution in [0, 0.1) is 6.92 Å². The van der Waals surface area contributed by atoms with Gasteiger partial charge < -0.3 is 14.5 Å². The fourth-order valence-electron chi connectivity index (χ4n) is 3.01. The molecule has 0 unspecified atom stereocenters. The first-order chi connectivity index (χ1) is 14.5. The molecule has 1 heterocycles. The molecule has 1 N–H and O–H groups in total.